The van der Waals surface area contributed by atoms with Gasteiger partial charge in [0.05, 0.1) is 18.0 Å². The van der Waals surface area contributed by atoms with Gasteiger partial charge in [-0.15, -0.1) is 0 Å². The SMILES string of the molecule is O=CN(O)C[C@@H](CC1CCCC1)C(=O)N1NCC[C@H]1C(=O)Cc1cccc2cccnc12. The maximum absolute atomic E-state index is 13.4. The Hall–Kier alpha value is -2.84. The molecule has 32 heavy (non-hydrogen) atoms. The number of amides is 2. The summed E-state index contributed by atoms with van der Waals surface area (Å²) < 4.78 is 0. The molecule has 8 heteroatoms. The molecule has 1 aromatic heterocycles. The molecule has 2 fully saturated rings. The molecule has 0 spiro atoms. The number of hydroxylamine groups is 2. The lowest BCUT2D eigenvalue weighted by atomic mass is 9.91. The van der Waals surface area contributed by atoms with Crippen LogP contribution in [0.25, 0.3) is 10.9 Å². The van der Waals surface area contributed by atoms with Gasteiger partial charge in [0.25, 0.3) is 0 Å². The maximum Gasteiger partial charge on any atom is 0.242 e. The van der Waals surface area contributed by atoms with E-state index in [-0.39, 0.29) is 24.7 Å². The van der Waals surface area contributed by atoms with Crippen LogP contribution in [0.2, 0.25) is 0 Å². The van der Waals surface area contributed by atoms with Crippen LogP contribution >= 0.6 is 0 Å². The number of Topliss-reactive ketones (excluding diaryl/α,β-unsaturated/α-hetero) is 1. The first-order valence-electron chi connectivity index (χ1n) is 11.4. The summed E-state index contributed by atoms with van der Waals surface area (Å²) in [6.07, 6.45) is 7.77. The fraction of sp³-hybridized carbons (Fsp3) is 0.500. The Morgan fingerprint density at radius 2 is 2.00 bits per heavy atom. The Balaban J connectivity index is 1.49. The number of carbonyl (C=O) groups excluding carboxylic acids is 3. The highest BCUT2D eigenvalue weighted by Crippen LogP contribution is 2.32. The molecule has 1 aliphatic heterocycles. The molecule has 1 saturated carbocycles. The van der Waals surface area contributed by atoms with Crippen molar-refractivity contribution in [1.29, 1.82) is 0 Å². The van der Waals surface area contributed by atoms with Gasteiger partial charge in [-0.25, -0.2) is 10.5 Å². The minimum Gasteiger partial charge on any atom is -0.297 e. The van der Waals surface area contributed by atoms with Crippen molar-refractivity contribution in [3.63, 3.8) is 0 Å². The van der Waals surface area contributed by atoms with Gasteiger partial charge in [-0.3, -0.25) is 29.6 Å². The summed E-state index contributed by atoms with van der Waals surface area (Å²) in [5, 5.41) is 12.7. The zero-order valence-electron chi connectivity index (χ0n) is 18.2. The van der Waals surface area contributed by atoms with E-state index in [0.29, 0.717) is 36.8 Å². The van der Waals surface area contributed by atoms with E-state index in [1.165, 1.54) is 5.01 Å². The molecule has 2 atom stereocenters. The number of pyridine rings is 1. The van der Waals surface area contributed by atoms with Crippen molar-refractivity contribution in [2.45, 2.75) is 51.0 Å². The monoisotopic (exact) mass is 438 g/mol. The number of benzene rings is 1. The first kappa shape index (κ1) is 22.4. The van der Waals surface area contributed by atoms with Crippen molar-refractivity contribution >= 4 is 29.0 Å². The van der Waals surface area contributed by atoms with E-state index in [9.17, 15) is 19.6 Å². The second-order valence-corrected chi connectivity index (χ2v) is 8.87. The number of fused-ring (bicyclic) bond motifs is 1. The number of hydrogen-bond acceptors (Lipinski definition) is 6. The fourth-order valence-corrected chi connectivity index (χ4v) is 5.08. The predicted octanol–water partition coefficient (Wildman–Crippen LogP) is 2.50. The number of ketones is 1. The highest BCUT2D eigenvalue weighted by atomic mass is 16.5. The Labute approximate surface area is 187 Å². The van der Waals surface area contributed by atoms with Crippen LogP contribution < -0.4 is 5.43 Å². The lowest BCUT2D eigenvalue weighted by Crippen LogP contribution is -2.50. The van der Waals surface area contributed by atoms with Crippen molar-refractivity contribution in [2.75, 3.05) is 13.1 Å². The number of carbonyl (C=O) groups is 3. The second-order valence-electron chi connectivity index (χ2n) is 8.87. The molecule has 8 nitrogen and oxygen atoms in total. The molecule has 2 heterocycles. The van der Waals surface area contributed by atoms with E-state index in [2.05, 4.69) is 10.4 Å². The van der Waals surface area contributed by atoms with Gasteiger partial charge in [0.15, 0.2) is 5.78 Å². The van der Waals surface area contributed by atoms with E-state index in [1.54, 1.807) is 6.20 Å². The van der Waals surface area contributed by atoms with Crippen molar-refractivity contribution in [3.8, 4) is 0 Å². The molecule has 1 saturated heterocycles. The van der Waals surface area contributed by atoms with E-state index in [1.807, 2.05) is 30.3 Å². The lowest BCUT2D eigenvalue weighted by molar-refractivity contribution is -0.159. The van der Waals surface area contributed by atoms with Gasteiger partial charge in [0.2, 0.25) is 12.3 Å². The Morgan fingerprint density at radius 3 is 2.78 bits per heavy atom. The van der Waals surface area contributed by atoms with Crippen LogP contribution in [0.1, 0.15) is 44.1 Å². The number of nitrogens with one attached hydrogen (secondary N) is 1. The van der Waals surface area contributed by atoms with Gasteiger partial charge in [-0.05, 0) is 30.4 Å². The van der Waals surface area contributed by atoms with Crippen LogP contribution in [0.3, 0.4) is 0 Å². The molecule has 0 unspecified atom stereocenters. The summed E-state index contributed by atoms with van der Waals surface area (Å²) in [4.78, 5) is 42.1. The van der Waals surface area contributed by atoms with Crippen LogP contribution in [-0.4, -0.2) is 57.5 Å². The molecule has 0 bridgehead atoms. The van der Waals surface area contributed by atoms with E-state index < -0.39 is 12.0 Å². The molecule has 1 aromatic carbocycles. The summed E-state index contributed by atoms with van der Waals surface area (Å²) in [5.41, 5.74) is 4.71. The molecular formula is C24H30N4O4. The van der Waals surface area contributed by atoms with Crippen LogP contribution in [0.5, 0.6) is 0 Å². The molecule has 2 N–H and O–H groups in total. The zero-order valence-corrected chi connectivity index (χ0v) is 18.2. The summed E-state index contributed by atoms with van der Waals surface area (Å²) in [7, 11) is 0. The van der Waals surface area contributed by atoms with Crippen LogP contribution in [0.4, 0.5) is 0 Å². The maximum atomic E-state index is 13.4. The van der Waals surface area contributed by atoms with Crippen molar-refractivity contribution in [2.24, 2.45) is 11.8 Å². The van der Waals surface area contributed by atoms with Crippen molar-refractivity contribution < 1.29 is 19.6 Å². The van der Waals surface area contributed by atoms with Gasteiger partial charge in [-0.2, -0.15) is 0 Å². The van der Waals surface area contributed by atoms with Gasteiger partial charge in [0, 0.05) is 24.5 Å². The molecular weight excluding hydrogens is 408 g/mol. The smallest absolute Gasteiger partial charge is 0.242 e. The molecule has 2 aromatic rings. The fourth-order valence-electron chi connectivity index (χ4n) is 5.08. The first-order valence-corrected chi connectivity index (χ1v) is 11.4. The number of hydrazine groups is 1. The second kappa shape index (κ2) is 10.2. The normalized spacial score (nSPS) is 19.9. The van der Waals surface area contributed by atoms with Gasteiger partial charge in [0.1, 0.15) is 6.04 Å². The quantitative estimate of drug-likeness (QED) is 0.354. The van der Waals surface area contributed by atoms with Gasteiger partial charge >= 0.3 is 0 Å². The number of para-hydroxylation sites is 1. The average molecular weight is 439 g/mol. The largest absolute Gasteiger partial charge is 0.297 e. The third-order valence-corrected chi connectivity index (χ3v) is 6.67. The van der Waals surface area contributed by atoms with Gasteiger partial charge in [-0.1, -0.05) is 49.9 Å². The third kappa shape index (κ3) is 4.97. The van der Waals surface area contributed by atoms with Crippen molar-refractivity contribution in [1.82, 2.24) is 20.5 Å². The number of aromatic nitrogens is 1. The molecule has 2 amide bonds. The van der Waals surface area contributed by atoms with Crippen LogP contribution in [0, 0.1) is 11.8 Å². The van der Waals surface area contributed by atoms with E-state index >= 15 is 0 Å². The standard InChI is InChI=1S/C24H30N4O4/c29-16-27(32)15-20(13-17-5-1-2-6-17)24(31)28-21(10-12-26-28)22(30)14-19-8-3-7-18-9-4-11-25-23(18)19/h3-4,7-9,11,16-17,20-21,26,32H,1-2,5-6,10,12-15H2/t20-,21+/m1/s1. The van der Waals surface area contributed by atoms with Gasteiger partial charge < -0.3 is 0 Å². The highest BCUT2D eigenvalue weighted by Gasteiger charge is 2.38. The lowest BCUT2D eigenvalue weighted by Gasteiger charge is -2.30. The van der Waals surface area contributed by atoms with Crippen LogP contribution in [-0.2, 0) is 20.8 Å². The molecule has 0 radical (unpaired) electrons. The number of rotatable bonds is 9. The van der Waals surface area contributed by atoms with Crippen molar-refractivity contribution in [3.05, 3.63) is 42.1 Å². The Morgan fingerprint density at radius 1 is 1.22 bits per heavy atom. The summed E-state index contributed by atoms with van der Waals surface area (Å²) in [6, 6.07) is 9.03. The third-order valence-electron chi connectivity index (χ3n) is 6.67. The molecule has 1 aliphatic carbocycles. The molecule has 2 aliphatic rings. The van der Waals surface area contributed by atoms with Crippen LogP contribution in [0.15, 0.2) is 36.5 Å². The van der Waals surface area contributed by atoms with E-state index in [0.717, 1.165) is 42.1 Å². The average Bonchev–Trinajstić information content (AvgIpc) is 3.50. The zero-order chi connectivity index (χ0) is 22.5. The number of hydrogen-bond donors (Lipinski definition) is 2. The molecule has 170 valence electrons. The predicted molar refractivity (Wildman–Crippen MR) is 118 cm³/mol. The highest BCUT2D eigenvalue weighted by molar-refractivity contribution is 5.94. The number of nitrogens with zero attached hydrogens (tertiary/aromatic N) is 3. The minimum atomic E-state index is -0.573. The minimum absolute atomic E-state index is 0.0441. The first-order chi connectivity index (χ1) is 15.6. The Bertz CT molecular complexity index is 970. The summed E-state index contributed by atoms with van der Waals surface area (Å²) in [6.45, 7) is 0.466. The Kier molecular flexibility index (Phi) is 7.12. The molecule has 4 rings (SSSR count). The summed E-state index contributed by atoms with van der Waals surface area (Å²) >= 11 is 0. The summed E-state index contributed by atoms with van der Waals surface area (Å²) in [5.74, 6) is -0.419. The van der Waals surface area contributed by atoms with E-state index in [4.69, 9.17) is 0 Å². The topological polar surface area (TPSA) is 103 Å².